The lowest BCUT2D eigenvalue weighted by atomic mass is 9.39. The molecule has 0 saturated heterocycles. The second-order valence-electron chi connectivity index (χ2n) is 17.6. The highest BCUT2D eigenvalue weighted by Crippen LogP contribution is 2.67. The molecule has 0 unspecified atom stereocenters. The van der Waals surface area contributed by atoms with E-state index in [0.29, 0.717) is 44.1 Å². The maximum Gasteiger partial charge on any atom is 0.335 e. The zero-order valence-corrected chi connectivity index (χ0v) is 34.1. The monoisotopic (exact) mass is 758 g/mol. The number of carbonyl (C=O) groups excluding carboxylic acids is 2. The van der Waals surface area contributed by atoms with E-state index in [0.717, 1.165) is 38.4 Å². The van der Waals surface area contributed by atoms with E-state index in [1.54, 1.807) is 24.3 Å². The lowest BCUT2D eigenvalue weighted by molar-refractivity contribution is -0.184. The van der Waals surface area contributed by atoms with Gasteiger partial charge in [0.1, 0.15) is 5.75 Å². The molecule has 11 nitrogen and oxygen atoms in total. The van der Waals surface area contributed by atoms with Crippen molar-refractivity contribution in [3.63, 3.8) is 0 Å². The van der Waals surface area contributed by atoms with Crippen molar-refractivity contribution in [2.45, 2.75) is 155 Å². The lowest BCUT2D eigenvalue weighted by Gasteiger charge is -2.69. The number of carbonyl (C=O) groups is 2. The maximum atomic E-state index is 13.1. The summed E-state index contributed by atoms with van der Waals surface area (Å²) in [5.41, 5.74) is -0.435. The number of hydrogen-bond acceptors (Lipinski definition) is 9. The Morgan fingerprint density at radius 2 is 1.34 bits per heavy atom. The molecule has 0 radical (unpaired) electrons. The largest absolute Gasteiger partial charge is 0.493 e. The fraction of sp³-hybridized carbons (Fsp3) is 0.756. The van der Waals surface area contributed by atoms with Crippen LogP contribution in [0.4, 0.5) is 0 Å². The van der Waals surface area contributed by atoms with Crippen LogP contribution in [0.25, 0.3) is 11.5 Å². The van der Waals surface area contributed by atoms with Gasteiger partial charge in [-0.2, -0.15) is 0 Å². The van der Waals surface area contributed by atoms with Crippen LogP contribution in [0.1, 0.15) is 144 Å². The molecule has 3 fully saturated rings. The fourth-order valence-corrected chi connectivity index (χ4v) is 7.89. The third-order valence-electron chi connectivity index (χ3n) is 10.6. The van der Waals surface area contributed by atoms with Gasteiger partial charge in [-0.15, -0.1) is 5.10 Å². The van der Waals surface area contributed by atoms with Gasteiger partial charge < -0.3 is 24.5 Å². The molecule has 0 spiro atoms. The average Bonchev–Trinajstić information content (AvgIpc) is 3.58. The molecule has 3 saturated carbocycles. The molecule has 2 bridgehead atoms. The molecule has 53 heavy (non-hydrogen) atoms. The number of nitrogens with zero attached hydrogens (tertiary/aromatic N) is 2. The second-order valence-corrected chi connectivity index (χ2v) is 19.5. The van der Waals surface area contributed by atoms with Gasteiger partial charge in [0.15, 0.2) is 0 Å². The number of benzene rings is 1. The van der Waals surface area contributed by atoms with Gasteiger partial charge in [-0.25, -0.2) is 8.42 Å². The van der Waals surface area contributed by atoms with Crippen LogP contribution in [0.3, 0.4) is 0 Å². The van der Waals surface area contributed by atoms with Crippen molar-refractivity contribution in [3.05, 3.63) is 24.3 Å². The molecular weight excluding hydrogens is 693 g/mol. The Hall–Kier alpha value is -2.99. The molecule has 0 atom stereocenters. The molecule has 1 heterocycles. The number of nitrogens with one attached hydrogen (secondary N) is 2. The van der Waals surface area contributed by atoms with Gasteiger partial charge in [0, 0.05) is 41.2 Å². The first-order valence-electron chi connectivity index (χ1n) is 20.0. The molecule has 3 aliphatic rings. The van der Waals surface area contributed by atoms with Crippen LogP contribution < -0.4 is 15.4 Å². The van der Waals surface area contributed by atoms with Crippen molar-refractivity contribution in [1.82, 2.24) is 20.8 Å². The summed E-state index contributed by atoms with van der Waals surface area (Å²) in [4.78, 5) is 25.8. The topological polar surface area (TPSA) is 150 Å². The number of sulfone groups is 1. The Morgan fingerprint density at radius 1 is 0.792 bits per heavy atom. The van der Waals surface area contributed by atoms with Crippen molar-refractivity contribution in [2.24, 2.45) is 16.2 Å². The minimum atomic E-state index is -3.57. The van der Waals surface area contributed by atoms with Crippen LogP contribution in [0.2, 0.25) is 0 Å². The smallest absolute Gasteiger partial charge is 0.335 e. The second kappa shape index (κ2) is 19.0. The summed E-state index contributed by atoms with van der Waals surface area (Å²) in [5, 5.41) is 13.4. The van der Waals surface area contributed by atoms with Crippen molar-refractivity contribution in [1.29, 1.82) is 0 Å². The fourth-order valence-electron chi connectivity index (χ4n) is 7.47. The highest BCUT2D eigenvalue weighted by molar-refractivity contribution is 7.90. The Labute approximate surface area is 318 Å². The number of hydrogen-bond donors (Lipinski definition) is 2. The molecule has 298 valence electrons. The SMILES string of the molecule is CCCCCCCCCCCCCCCC(=O)NC12CC(C(=O)NCC(C)(C)COCC(C)(C)COc3ccc(-c4nnc(S(C)(=O)=O)o4)cc3)(C1)C2. The number of unbranched alkanes of at least 4 members (excludes halogenated alkanes) is 12. The molecule has 3 aliphatic carbocycles. The molecule has 12 heteroatoms. The third-order valence-corrected chi connectivity index (χ3v) is 11.4. The lowest BCUT2D eigenvalue weighted by Crippen LogP contribution is -2.78. The summed E-state index contributed by atoms with van der Waals surface area (Å²) in [6.45, 7) is 12.5. The van der Waals surface area contributed by atoms with E-state index in [2.05, 4.69) is 55.4 Å². The summed E-state index contributed by atoms with van der Waals surface area (Å²) < 4.78 is 40.6. The minimum absolute atomic E-state index is 0.0906. The van der Waals surface area contributed by atoms with E-state index in [4.69, 9.17) is 13.9 Å². The van der Waals surface area contributed by atoms with Crippen LogP contribution in [0.5, 0.6) is 5.75 Å². The first-order valence-corrected chi connectivity index (χ1v) is 21.9. The third kappa shape index (κ3) is 13.4. The van der Waals surface area contributed by atoms with E-state index in [9.17, 15) is 18.0 Å². The Balaban J connectivity index is 1.03. The number of ether oxygens (including phenoxy) is 2. The highest BCUT2D eigenvalue weighted by atomic mass is 32.2. The van der Waals surface area contributed by atoms with Crippen LogP contribution in [-0.2, 0) is 24.2 Å². The van der Waals surface area contributed by atoms with E-state index in [1.807, 2.05) is 0 Å². The number of aromatic nitrogens is 2. The summed E-state index contributed by atoms with van der Waals surface area (Å²) in [5.74, 6) is 1.00. The molecule has 0 aliphatic heterocycles. The molecule has 5 rings (SSSR count). The molecule has 1 aromatic carbocycles. The Morgan fingerprint density at radius 3 is 1.89 bits per heavy atom. The van der Waals surface area contributed by atoms with Gasteiger partial charge in [-0.3, -0.25) is 9.59 Å². The highest BCUT2D eigenvalue weighted by Gasteiger charge is 2.72. The summed E-state index contributed by atoms with van der Waals surface area (Å²) in [6.07, 6.45) is 20.7. The van der Waals surface area contributed by atoms with Crippen LogP contribution in [0, 0.1) is 16.2 Å². The van der Waals surface area contributed by atoms with Crippen molar-refractivity contribution in [3.8, 4) is 17.2 Å². The summed E-state index contributed by atoms with van der Waals surface area (Å²) in [7, 11) is -3.57. The summed E-state index contributed by atoms with van der Waals surface area (Å²) >= 11 is 0. The zero-order chi connectivity index (χ0) is 38.6. The normalized spacial score (nSPS) is 19.7. The van der Waals surface area contributed by atoms with Gasteiger partial charge in [-0.1, -0.05) is 117 Å². The van der Waals surface area contributed by atoms with Crippen LogP contribution in [0.15, 0.2) is 33.9 Å². The minimum Gasteiger partial charge on any atom is -0.493 e. The van der Waals surface area contributed by atoms with E-state index in [1.165, 1.54) is 70.6 Å². The van der Waals surface area contributed by atoms with Gasteiger partial charge in [0.05, 0.1) is 25.2 Å². The van der Waals surface area contributed by atoms with Crippen LogP contribution in [-0.4, -0.2) is 68.6 Å². The Bertz CT molecular complexity index is 1550. The molecule has 2 N–H and O–H groups in total. The molecule has 2 aromatic rings. The van der Waals surface area contributed by atoms with Gasteiger partial charge in [0.25, 0.3) is 0 Å². The van der Waals surface area contributed by atoms with Crippen molar-refractivity contribution < 1.29 is 31.9 Å². The maximum absolute atomic E-state index is 13.1. The Kier molecular flexibility index (Phi) is 15.4. The molecular formula is C41H66N4O7S. The summed E-state index contributed by atoms with van der Waals surface area (Å²) in [6, 6.07) is 7.01. The predicted octanol–water partition coefficient (Wildman–Crippen LogP) is 8.22. The average molecular weight is 759 g/mol. The first kappa shape index (κ1) is 42.7. The standard InChI is InChI=1S/C41H66N4O7S/c1-7-8-9-10-11-12-13-14-15-16-17-18-19-20-34(46)43-41-25-40(26-41,27-41)36(47)42-28-38(2,3)29-50-30-39(4,5)31-51-33-23-21-32(22-24-33)35-44-45-37(52-35)53(6,48)49/h21-24H,7-20,25-31H2,1-6H3,(H,42,47)(H,43,46). The first-order chi connectivity index (χ1) is 25.1. The molecule has 1 aromatic heterocycles. The van der Waals surface area contributed by atoms with Gasteiger partial charge >= 0.3 is 5.22 Å². The van der Waals surface area contributed by atoms with Crippen molar-refractivity contribution >= 4 is 21.7 Å². The van der Waals surface area contributed by atoms with Gasteiger partial charge in [0.2, 0.25) is 27.5 Å². The predicted molar refractivity (Wildman–Crippen MR) is 207 cm³/mol. The van der Waals surface area contributed by atoms with E-state index >= 15 is 0 Å². The van der Waals surface area contributed by atoms with E-state index < -0.39 is 15.1 Å². The van der Waals surface area contributed by atoms with E-state index in [-0.39, 0.29) is 39.5 Å². The number of amides is 2. The zero-order valence-electron chi connectivity index (χ0n) is 33.3. The van der Waals surface area contributed by atoms with Gasteiger partial charge in [-0.05, 0) is 49.9 Å². The number of rotatable bonds is 27. The molecule has 2 amide bonds. The quantitative estimate of drug-likeness (QED) is 0.0860. The van der Waals surface area contributed by atoms with Crippen molar-refractivity contribution in [2.75, 3.05) is 32.6 Å². The van der Waals surface area contributed by atoms with Crippen LogP contribution >= 0.6 is 0 Å².